The van der Waals surface area contributed by atoms with Crippen LogP contribution in [0.5, 0.6) is 5.75 Å². The molecule has 1 aliphatic heterocycles. The summed E-state index contributed by atoms with van der Waals surface area (Å²) in [5, 5.41) is 15.9. The summed E-state index contributed by atoms with van der Waals surface area (Å²) in [5.41, 5.74) is 1.40. The lowest BCUT2D eigenvalue weighted by atomic mass is 10.1. The van der Waals surface area contributed by atoms with E-state index >= 15 is 0 Å². The van der Waals surface area contributed by atoms with Crippen molar-refractivity contribution in [1.29, 1.82) is 0 Å². The number of benzene rings is 1. The van der Waals surface area contributed by atoms with E-state index in [1.54, 1.807) is 6.07 Å². The Morgan fingerprint density at radius 2 is 1.96 bits per heavy atom. The highest BCUT2D eigenvalue weighted by molar-refractivity contribution is 7.86. The lowest BCUT2D eigenvalue weighted by molar-refractivity contribution is 0.434. The molecule has 0 amide bonds. The zero-order chi connectivity index (χ0) is 16.6. The van der Waals surface area contributed by atoms with E-state index in [2.05, 4.69) is 9.97 Å². The summed E-state index contributed by atoms with van der Waals surface area (Å²) >= 11 is 0. The SMILES string of the molecule is Cc1cc2c(N3CCCN(S(N)(=O)=O)CC3)ncnc2cc1O. The Hall–Kier alpha value is -1.97. The molecule has 3 N–H and O–H groups in total. The number of hydrogen-bond acceptors (Lipinski definition) is 6. The number of phenols is 1. The van der Waals surface area contributed by atoms with Gasteiger partial charge in [-0.05, 0) is 25.0 Å². The van der Waals surface area contributed by atoms with E-state index in [0.717, 1.165) is 16.8 Å². The minimum atomic E-state index is -3.67. The van der Waals surface area contributed by atoms with E-state index < -0.39 is 10.2 Å². The number of aromatic hydroxyl groups is 1. The predicted molar refractivity (Wildman–Crippen MR) is 87.5 cm³/mol. The van der Waals surface area contributed by atoms with Crippen LogP contribution in [0.4, 0.5) is 5.82 Å². The average molecular weight is 337 g/mol. The van der Waals surface area contributed by atoms with Crippen LogP contribution in [0.2, 0.25) is 0 Å². The highest BCUT2D eigenvalue weighted by Crippen LogP contribution is 2.29. The molecule has 0 saturated carbocycles. The van der Waals surface area contributed by atoms with Gasteiger partial charge in [0.25, 0.3) is 10.2 Å². The molecule has 0 spiro atoms. The topological polar surface area (TPSA) is 113 Å². The van der Waals surface area contributed by atoms with Crippen LogP contribution in [-0.4, -0.2) is 54.0 Å². The van der Waals surface area contributed by atoms with Crippen molar-refractivity contribution >= 4 is 26.9 Å². The molecule has 0 radical (unpaired) electrons. The van der Waals surface area contributed by atoms with Gasteiger partial charge in [-0.1, -0.05) is 0 Å². The van der Waals surface area contributed by atoms with Crippen molar-refractivity contribution in [3.63, 3.8) is 0 Å². The van der Waals surface area contributed by atoms with Crippen molar-refractivity contribution in [2.45, 2.75) is 13.3 Å². The average Bonchev–Trinajstić information content (AvgIpc) is 2.73. The minimum absolute atomic E-state index is 0.193. The predicted octanol–water partition coefficient (Wildman–Crippen LogP) is 0.359. The highest BCUT2D eigenvalue weighted by atomic mass is 32.2. The van der Waals surface area contributed by atoms with Crippen molar-refractivity contribution in [1.82, 2.24) is 14.3 Å². The fourth-order valence-electron chi connectivity index (χ4n) is 2.80. The second kappa shape index (κ2) is 5.91. The summed E-state index contributed by atoms with van der Waals surface area (Å²) in [6.07, 6.45) is 2.12. The molecule has 1 aliphatic rings. The van der Waals surface area contributed by atoms with E-state index in [9.17, 15) is 13.5 Å². The number of hydrogen-bond donors (Lipinski definition) is 2. The molecule has 3 rings (SSSR count). The Balaban J connectivity index is 1.96. The number of aryl methyl sites for hydroxylation is 1. The van der Waals surface area contributed by atoms with Gasteiger partial charge < -0.3 is 10.0 Å². The van der Waals surface area contributed by atoms with Gasteiger partial charge in [0, 0.05) is 37.6 Å². The molecule has 8 nitrogen and oxygen atoms in total. The molecular formula is C14H19N5O3S. The van der Waals surface area contributed by atoms with Crippen LogP contribution in [0.3, 0.4) is 0 Å². The van der Waals surface area contributed by atoms with E-state index in [1.165, 1.54) is 10.6 Å². The van der Waals surface area contributed by atoms with Crippen LogP contribution in [0.1, 0.15) is 12.0 Å². The zero-order valence-electron chi connectivity index (χ0n) is 12.8. The van der Waals surface area contributed by atoms with E-state index in [1.807, 2.05) is 17.9 Å². The van der Waals surface area contributed by atoms with Gasteiger partial charge in [0.2, 0.25) is 0 Å². The third-order valence-corrected chi connectivity index (χ3v) is 5.13. The van der Waals surface area contributed by atoms with Crippen molar-refractivity contribution in [2.75, 3.05) is 31.1 Å². The molecule has 2 heterocycles. The van der Waals surface area contributed by atoms with Gasteiger partial charge in [0.1, 0.15) is 17.9 Å². The van der Waals surface area contributed by atoms with Gasteiger partial charge in [-0.25, -0.2) is 15.1 Å². The van der Waals surface area contributed by atoms with Gasteiger partial charge in [-0.2, -0.15) is 12.7 Å². The summed E-state index contributed by atoms with van der Waals surface area (Å²) < 4.78 is 24.3. The molecule has 1 fully saturated rings. The third-order valence-electron chi connectivity index (χ3n) is 4.05. The van der Waals surface area contributed by atoms with Crippen molar-refractivity contribution in [2.24, 2.45) is 5.14 Å². The molecule has 0 bridgehead atoms. The second-order valence-electron chi connectivity index (χ2n) is 5.64. The molecule has 0 atom stereocenters. The molecule has 0 aliphatic carbocycles. The van der Waals surface area contributed by atoms with Gasteiger partial charge in [-0.15, -0.1) is 0 Å². The molecule has 1 aromatic heterocycles. The normalized spacial score (nSPS) is 17.4. The van der Waals surface area contributed by atoms with Crippen molar-refractivity contribution < 1.29 is 13.5 Å². The standard InChI is InChI=1S/C14H19N5O3S/c1-10-7-11-12(8-13(10)20)16-9-17-14(11)18-3-2-4-19(6-5-18)23(15,21)22/h7-9,20H,2-6H2,1H3,(H2,15,21,22). The summed E-state index contributed by atoms with van der Waals surface area (Å²) in [7, 11) is -3.67. The van der Waals surface area contributed by atoms with Crippen LogP contribution >= 0.6 is 0 Å². The fourth-order valence-corrected chi connectivity index (χ4v) is 3.52. The summed E-state index contributed by atoms with van der Waals surface area (Å²) in [4.78, 5) is 10.6. The Kier molecular flexibility index (Phi) is 4.09. The van der Waals surface area contributed by atoms with Gasteiger partial charge in [-0.3, -0.25) is 0 Å². The maximum absolute atomic E-state index is 11.5. The van der Waals surface area contributed by atoms with Crippen LogP contribution in [-0.2, 0) is 10.2 Å². The van der Waals surface area contributed by atoms with Crippen molar-refractivity contribution in [3.05, 3.63) is 24.0 Å². The molecular weight excluding hydrogens is 318 g/mol. The molecule has 1 aromatic carbocycles. The maximum atomic E-state index is 11.5. The molecule has 9 heteroatoms. The number of fused-ring (bicyclic) bond motifs is 1. The number of rotatable bonds is 2. The second-order valence-corrected chi connectivity index (χ2v) is 7.18. The summed E-state index contributed by atoms with van der Waals surface area (Å²) in [5.74, 6) is 0.938. The van der Waals surface area contributed by atoms with Crippen LogP contribution in [0.15, 0.2) is 18.5 Å². The molecule has 2 aromatic rings. The fraction of sp³-hybridized carbons (Fsp3) is 0.429. The van der Waals surface area contributed by atoms with Gasteiger partial charge in [0.15, 0.2) is 0 Å². The van der Waals surface area contributed by atoms with Crippen LogP contribution < -0.4 is 10.0 Å². The number of anilines is 1. The highest BCUT2D eigenvalue weighted by Gasteiger charge is 2.23. The Labute approximate surface area is 134 Å². The van der Waals surface area contributed by atoms with Crippen LogP contribution in [0.25, 0.3) is 10.9 Å². The molecule has 124 valence electrons. The first-order valence-corrected chi connectivity index (χ1v) is 8.84. The lowest BCUT2D eigenvalue weighted by Crippen LogP contribution is -2.39. The van der Waals surface area contributed by atoms with Gasteiger partial charge >= 0.3 is 0 Å². The number of nitrogens with two attached hydrogens (primary N) is 1. The Bertz CT molecular complexity index is 840. The Morgan fingerprint density at radius 3 is 2.70 bits per heavy atom. The third kappa shape index (κ3) is 3.21. The zero-order valence-corrected chi connectivity index (χ0v) is 13.6. The molecule has 0 unspecified atom stereocenters. The van der Waals surface area contributed by atoms with E-state index in [-0.39, 0.29) is 5.75 Å². The number of phenolic OH excluding ortho intramolecular Hbond substituents is 1. The largest absolute Gasteiger partial charge is 0.508 e. The maximum Gasteiger partial charge on any atom is 0.276 e. The van der Waals surface area contributed by atoms with Crippen molar-refractivity contribution in [3.8, 4) is 5.75 Å². The minimum Gasteiger partial charge on any atom is -0.508 e. The Morgan fingerprint density at radius 1 is 1.17 bits per heavy atom. The first kappa shape index (κ1) is 15.9. The van der Waals surface area contributed by atoms with Gasteiger partial charge in [0.05, 0.1) is 5.52 Å². The first-order valence-electron chi connectivity index (χ1n) is 7.33. The number of aromatic nitrogens is 2. The number of nitrogens with zero attached hydrogens (tertiary/aromatic N) is 4. The first-order chi connectivity index (χ1) is 10.9. The quantitative estimate of drug-likeness (QED) is 0.818. The summed E-state index contributed by atoms with van der Waals surface area (Å²) in [6, 6.07) is 3.46. The van der Waals surface area contributed by atoms with Crippen LogP contribution in [0, 0.1) is 6.92 Å². The monoisotopic (exact) mass is 337 g/mol. The molecule has 23 heavy (non-hydrogen) atoms. The summed E-state index contributed by atoms with van der Waals surface area (Å²) in [6.45, 7) is 3.72. The molecule has 1 saturated heterocycles. The lowest BCUT2D eigenvalue weighted by Gasteiger charge is -2.23. The smallest absolute Gasteiger partial charge is 0.276 e. The van der Waals surface area contributed by atoms with E-state index in [0.29, 0.717) is 38.1 Å². The van der Waals surface area contributed by atoms with E-state index in [4.69, 9.17) is 5.14 Å².